The van der Waals surface area contributed by atoms with E-state index < -0.39 is 9.84 Å². The molecule has 0 atom stereocenters. The van der Waals surface area contributed by atoms with Crippen molar-refractivity contribution in [1.29, 1.82) is 0 Å². The molecule has 0 aliphatic carbocycles. The lowest BCUT2D eigenvalue weighted by molar-refractivity contribution is 0.293. The van der Waals surface area contributed by atoms with E-state index in [1.165, 1.54) is 11.8 Å². The number of hydrogen-bond donors (Lipinski definition) is 1. The van der Waals surface area contributed by atoms with Crippen molar-refractivity contribution in [3.8, 4) is 11.5 Å². The summed E-state index contributed by atoms with van der Waals surface area (Å²) in [5.74, 6) is 1.57. The van der Waals surface area contributed by atoms with Crippen LogP contribution in [0.2, 0.25) is 0 Å². The van der Waals surface area contributed by atoms with Crippen molar-refractivity contribution in [1.82, 2.24) is 5.32 Å². The molecule has 0 saturated heterocycles. The summed E-state index contributed by atoms with van der Waals surface area (Å²) < 4.78 is 32.8. The second kappa shape index (κ2) is 8.11. The number of hydrogen-bond acceptors (Lipinski definition) is 5. The van der Waals surface area contributed by atoms with Crippen molar-refractivity contribution < 1.29 is 17.9 Å². The van der Waals surface area contributed by atoms with Crippen LogP contribution in [0.3, 0.4) is 0 Å². The van der Waals surface area contributed by atoms with Gasteiger partial charge >= 0.3 is 0 Å². The molecule has 1 rings (SSSR count). The van der Waals surface area contributed by atoms with Gasteiger partial charge in [0.05, 0.1) is 12.9 Å². The second-order valence-corrected chi connectivity index (χ2v) is 6.83. The molecule has 0 aliphatic rings. The second-order valence-electron chi connectivity index (χ2n) is 4.57. The van der Waals surface area contributed by atoms with Gasteiger partial charge in [-0.25, -0.2) is 8.42 Å². The number of rotatable bonds is 9. The fourth-order valence-corrected chi connectivity index (χ4v) is 2.18. The van der Waals surface area contributed by atoms with E-state index in [1.807, 2.05) is 18.2 Å². The standard InChI is InChI=1S/C14H23NO4S/c1-4-12-5-6-13(14(11-12)18-2)19-9-7-15-8-10-20(3,16)17/h5-6,11,15H,4,7-10H2,1-3H3. The van der Waals surface area contributed by atoms with Gasteiger partial charge in [-0.15, -0.1) is 0 Å². The van der Waals surface area contributed by atoms with Crippen LogP contribution in [-0.4, -0.2) is 47.2 Å². The molecule has 20 heavy (non-hydrogen) atoms. The maximum absolute atomic E-state index is 10.9. The predicted molar refractivity (Wildman–Crippen MR) is 80.4 cm³/mol. The van der Waals surface area contributed by atoms with Crippen LogP contribution in [0.5, 0.6) is 11.5 Å². The Kier molecular flexibility index (Phi) is 6.81. The first-order valence-corrected chi connectivity index (χ1v) is 8.70. The van der Waals surface area contributed by atoms with Crippen LogP contribution in [0.1, 0.15) is 12.5 Å². The third-order valence-corrected chi connectivity index (χ3v) is 3.77. The average Bonchev–Trinajstić information content (AvgIpc) is 2.41. The molecule has 0 aromatic heterocycles. The number of methoxy groups -OCH3 is 1. The van der Waals surface area contributed by atoms with Gasteiger partial charge in [-0.3, -0.25) is 0 Å². The van der Waals surface area contributed by atoms with E-state index in [9.17, 15) is 8.42 Å². The van der Waals surface area contributed by atoms with E-state index in [4.69, 9.17) is 9.47 Å². The summed E-state index contributed by atoms with van der Waals surface area (Å²) in [4.78, 5) is 0. The molecule has 1 aromatic rings. The molecule has 0 aliphatic heterocycles. The lowest BCUT2D eigenvalue weighted by atomic mass is 10.1. The molecule has 0 saturated carbocycles. The van der Waals surface area contributed by atoms with Gasteiger partial charge in [0, 0.05) is 19.3 Å². The van der Waals surface area contributed by atoms with Crippen LogP contribution < -0.4 is 14.8 Å². The Hall–Kier alpha value is -1.27. The van der Waals surface area contributed by atoms with E-state index in [-0.39, 0.29) is 5.75 Å². The Bertz CT molecular complexity index is 514. The molecule has 6 heteroatoms. The molecule has 1 aromatic carbocycles. The molecule has 5 nitrogen and oxygen atoms in total. The molecule has 0 radical (unpaired) electrons. The molecule has 0 unspecified atom stereocenters. The van der Waals surface area contributed by atoms with Gasteiger partial charge in [0.25, 0.3) is 0 Å². The minimum absolute atomic E-state index is 0.140. The summed E-state index contributed by atoms with van der Waals surface area (Å²) in [5.41, 5.74) is 1.19. The molecule has 0 heterocycles. The van der Waals surface area contributed by atoms with Crippen molar-refractivity contribution in [3.63, 3.8) is 0 Å². The minimum atomic E-state index is -2.91. The van der Waals surface area contributed by atoms with Crippen molar-refractivity contribution in [3.05, 3.63) is 23.8 Å². The van der Waals surface area contributed by atoms with Gasteiger partial charge in [-0.05, 0) is 24.1 Å². The summed E-state index contributed by atoms with van der Waals surface area (Å²) in [6, 6.07) is 5.87. The van der Waals surface area contributed by atoms with Crippen LogP contribution in [0.4, 0.5) is 0 Å². The van der Waals surface area contributed by atoms with Gasteiger partial charge in [-0.2, -0.15) is 0 Å². The lowest BCUT2D eigenvalue weighted by Crippen LogP contribution is -2.26. The molecule has 0 fully saturated rings. The van der Waals surface area contributed by atoms with Gasteiger partial charge in [0.2, 0.25) is 0 Å². The molecule has 0 spiro atoms. The molecule has 0 bridgehead atoms. The summed E-state index contributed by atoms with van der Waals surface area (Å²) in [6.07, 6.45) is 2.18. The summed E-state index contributed by atoms with van der Waals surface area (Å²) in [5, 5.41) is 3.03. The Morgan fingerprint density at radius 2 is 1.95 bits per heavy atom. The van der Waals surface area contributed by atoms with Crippen molar-refractivity contribution >= 4 is 9.84 Å². The smallest absolute Gasteiger partial charge is 0.161 e. The highest BCUT2D eigenvalue weighted by molar-refractivity contribution is 7.90. The van der Waals surface area contributed by atoms with Crippen LogP contribution >= 0.6 is 0 Å². The number of ether oxygens (including phenoxy) is 2. The van der Waals surface area contributed by atoms with Crippen LogP contribution in [-0.2, 0) is 16.3 Å². The third-order valence-electron chi connectivity index (χ3n) is 2.82. The highest BCUT2D eigenvalue weighted by atomic mass is 32.2. The van der Waals surface area contributed by atoms with E-state index >= 15 is 0 Å². The van der Waals surface area contributed by atoms with Crippen molar-refractivity contribution in [2.45, 2.75) is 13.3 Å². The minimum Gasteiger partial charge on any atom is -0.493 e. The topological polar surface area (TPSA) is 64.6 Å². The zero-order valence-electron chi connectivity index (χ0n) is 12.3. The number of nitrogens with one attached hydrogen (secondary N) is 1. The average molecular weight is 301 g/mol. The van der Waals surface area contributed by atoms with Gasteiger partial charge < -0.3 is 14.8 Å². The van der Waals surface area contributed by atoms with Gasteiger partial charge in [0.15, 0.2) is 11.5 Å². The molecule has 0 amide bonds. The first-order chi connectivity index (χ1) is 9.46. The highest BCUT2D eigenvalue weighted by Crippen LogP contribution is 2.28. The summed E-state index contributed by atoms with van der Waals surface area (Å²) >= 11 is 0. The monoisotopic (exact) mass is 301 g/mol. The van der Waals surface area contributed by atoms with Crippen LogP contribution in [0, 0.1) is 0 Å². The molecular formula is C14H23NO4S. The van der Waals surface area contributed by atoms with Crippen LogP contribution in [0.25, 0.3) is 0 Å². The van der Waals surface area contributed by atoms with Crippen molar-refractivity contribution in [2.24, 2.45) is 0 Å². The first-order valence-electron chi connectivity index (χ1n) is 6.64. The maximum atomic E-state index is 10.9. The van der Waals surface area contributed by atoms with E-state index in [0.717, 1.165) is 12.2 Å². The summed E-state index contributed by atoms with van der Waals surface area (Å²) in [7, 11) is -1.29. The SMILES string of the molecule is CCc1ccc(OCCNCCS(C)(=O)=O)c(OC)c1. The van der Waals surface area contributed by atoms with Crippen LogP contribution in [0.15, 0.2) is 18.2 Å². The third kappa shape index (κ3) is 6.25. The Morgan fingerprint density at radius 3 is 2.55 bits per heavy atom. The fourth-order valence-electron chi connectivity index (χ4n) is 1.67. The van der Waals surface area contributed by atoms with Gasteiger partial charge in [0.1, 0.15) is 16.4 Å². The zero-order valence-corrected chi connectivity index (χ0v) is 13.1. The molecular weight excluding hydrogens is 278 g/mol. The van der Waals surface area contributed by atoms with E-state index in [0.29, 0.717) is 25.4 Å². The predicted octanol–water partition coefficient (Wildman–Crippen LogP) is 1.27. The Balaban J connectivity index is 2.35. The Morgan fingerprint density at radius 1 is 1.20 bits per heavy atom. The highest BCUT2D eigenvalue weighted by Gasteiger charge is 2.05. The normalized spacial score (nSPS) is 11.3. The number of benzene rings is 1. The number of sulfone groups is 1. The summed E-state index contributed by atoms with van der Waals surface area (Å²) in [6.45, 7) is 3.58. The quantitative estimate of drug-likeness (QED) is 0.696. The number of aryl methyl sites for hydroxylation is 1. The Labute approximate surface area is 121 Å². The maximum Gasteiger partial charge on any atom is 0.161 e. The van der Waals surface area contributed by atoms with Crippen molar-refractivity contribution in [2.75, 3.05) is 38.8 Å². The largest absolute Gasteiger partial charge is 0.493 e. The first kappa shape index (κ1) is 16.8. The lowest BCUT2D eigenvalue weighted by Gasteiger charge is -2.12. The fraction of sp³-hybridized carbons (Fsp3) is 0.571. The zero-order chi connectivity index (χ0) is 15.0. The van der Waals surface area contributed by atoms with Gasteiger partial charge in [-0.1, -0.05) is 13.0 Å². The molecule has 1 N–H and O–H groups in total. The molecule has 114 valence electrons. The van der Waals surface area contributed by atoms with E-state index in [2.05, 4.69) is 12.2 Å². The van der Waals surface area contributed by atoms with E-state index in [1.54, 1.807) is 7.11 Å².